The molecule has 0 bridgehead atoms. The van der Waals surface area contributed by atoms with Gasteiger partial charge in [-0.05, 0) is 42.0 Å². The summed E-state index contributed by atoms with van der Waals surface area (Å²) in [5, 5.41) is 29.7. The second-order valence-corrected chi connectivity index (χ2v) is 13.0. The van der Waals surface area contributed by atoms with Crippen molar-refractivity contribution in [2.45, 2.75) is 6.42 Å². The number of nitrogens with zero attached hydrogens (tertiary/aromatic N) is 8. The maximum Gasteiger partial charge on any atom is 0.360 e. The number of ether oxygens (including phenoxy) is 3. The summed E-state index contributed by atoms with van der Waals surface area (Å²) < 4.78 is 30.8. The first-order chi connectivity index (χ1) is 25.7. The van der Waals surface area contributed by atoms with Crippen LogP contribution in [0.15, 0.2) is 70.5 Å². The van der Waals surface area contributed by atoms with Crippen LogP contribution in [0.3, 0.4) is 0 Å². The second kappa shape index (κ2) is 15.3. The molecule has 0 aliphatic carbocycles. The molecule has 2 saturated heterocycles. The number of rotatable bonds is 6. The number of carbonyl (C=O) groups excluding carboxylic acids is 1. The highest BCUT2D eigenvalue weighted by Gasteiger charge is 2.21. The van der Waals surface area contributed by atoms with Gasteiger partial charge in [0.15, 0.2) is 16.4 Å². The van der Waals surface area contributed by atoms with Gasteiger partial charge in [0.05, 0.1) is 44.9 Å². The quantitative estimate of drug-likeness (QED) is 0.237. The Morgan fingerprint density at radius 2 is 1.34 bits per heavy atom. The maximum atomic E-state index is 13.1. The third-order valence-electron chi connectivity index (χ3n) is 8.64. The van der Waals surface area contributed by atoms with Crippen molar-refractivity contribution in [1.29, 1.82) is 0 Å². The lowest BCUT2D eigenvalue weighted by Gasteiger charge is -2.28. The minimum atomic E-state index is -0.852. The maximum absolute atomic E-state index is 13.1. The number of carbonyl (C=O) groups is 1. The van der Waals surface area contributed by atoms with Gasteiger partial charge < -0.3 is 34.2 Å². The van der Waals surface area contributed by atoms with E-state index in [9.17, 15) is 29.0 Å². The van der Waals surface area contributed by atoms with Crippen molar-refractivity contribution in [3.05, 3.63) is 104 Å². The van der Waals surface area contributed by atoms with Gasteiger partial charge in [-0.2, -0.15) is 0 Å². The average molecular weight is 745 g/mol. The molecule has 2 aliphatic rings. The zero-order valence-corrected chi connectivity index (χ0v) is 29.2. The predicted octanol–water partition coefficient (Wildman–Crippen LogP) is 2.51. The zero-order chi connectivity index (χ0) is 37.1. The lowest BCUT2D eigenvalue weighted by Crippen LogP contribution is -2.36. The number of fused-ring (bicyclic) bond motifs is 2. The van der Waals surface area contributed by atoms with Gasteiger partial charge in [0.25, 0.3) is 0 Å². The summed E-state index contributed by atoms with van der Waals surface area (Å²) >= 11 is 1.23. The van der Waals surface area contributed by atoms with E-state index in [-0.39, 0.29) is 22.9 Å². The molecule has 53 heavy (non-hydrogen) atoms. The number of anilines is 2. The number of methoxy groups -OCH3 is 1. The number of morpholine rings is 2. The van der Waals surface area contributed by atoms with Gasteiger partial charge in [0, 0.05) is 45.0 Å². The van der Waals surface area contributed by atoms with Crippen LogP contribution in [0.4, 0.5) is 15.8 Å². The molecular formula is C35H33FN8O8S. The molecule has 16 nitrogen and oxygen atoms in total. The SMILES string of the molecule is COC(=O)c1nc2ccc(N3CCOCC3)cn2c(=O)c1O.O=c1c(O)c(-c2nnc(Cc3ccc(F)cc3)s2)nc2ccc(N3CCOCC3)cn12. The Morgan fingerprint density at radius 3 is 1.91 bits per heavy atom. The predicted molar refractivity (Wildman–Crippen MR) is 192 cm³/mol. The largest absolute Gasteiger partial charge is 0.501 e. The number of pyridine rings is 2. The van der Waals surface area contributed by atoms with Crippen LogP contribution in [-0.4, -0.2) is 105 Å². The van der Waals surface area contributed by atoms with Gasteiger partial charge in [-0.25, -0.2) is 19.2 Å². The molecule has 6 aromatic rings. The van der Waals surface area contributed by atoms with Crippen molar-refractivity contribution in [2.24, 2.45) is 0 Å². The van der Waals surface area contributed by atoms with Gasteiger partial charge >= 0.3 is 17.1 Å². The molecule has 18 heteroatoms. The lowest BCUT2D eigenvalue weighted by molar-refractivity contribution is 0.0590. The van der Waals surface area contributed by atoms with Crippen LogP contribution in [-0.2, 0) is 20.6 Å². The van der Waals surface area contributed by atoms with Crippen LogP contribution >= 0.6 is 11.3 Å². The summed E-state index contributed by atoms with van der Waals surface area (Å²) in [6.07, 6.45) is 3.74. The van der Waals surface area contributed by atoms with Crippen LogP contribution in [0, 0.1) is 5.82 Å². The van der Waals surface area contributed by atoms with E-state index in [4.69, 9.17) is 9.47 Å². The lowest BCUT2D eigenvalue weighted by atomic mass is 10.2. The molecule has 274 valence electrons. The van der Waals surface area contributed by atoms with Gasteiger partial charge in [0.1, 0.15) is 22.1 Å². The Labute approximate surface area is 303 Å². The first kappa shape index (κ1) is 35.4. The summed E-state index contributed by atoms with van der Waals surface area (Å²) in [5.74, 6) is -2.34. The number of benzene rings is 1. The van der Waals surface area contributed by atoms with E-state index in [0.717, 1.165) is 50.2 Å². The molecule has 2 aliphatic heterocycles. The number of hydrogen-bond acceptors (Lipinski definition) is 15. The number of aromatic hydroxyl groups is 2. The third-order valence-corrected chi connectivity index (χ3v) is 9.57. The van der Waals surface area contributed by atoms with Crippen molar-refractivity contribution < 1.29 is 33.6 Å². The molecule has 0 radical (unpaired) electrons. The molecule has 0 atom stereocenters. The molecule has 0 amide bonds. The van der Waals surface area contributed by atoms with Gasteiger partial charge in [-0.3, -0.25) is 18.4 Å². The fourth-order valence-corrected chi connectivity index (χ4v) is 6.70. The first-order valence-corrected chi connectivity index (χ1v) is 17.3. The topological polar surface area (TPSA) is 186 Å². The van der Waals surface area contributed by atoms with Gasteiger partial charge in [-0.1, -0.05) is 23.5 Å². The van der Waals surface area contributed by atoms with Crippen LogP contribution in [0.1, 0.15) is 21.1 Å². The van der Waals surface area contributed by atoms with Crippen molar-refractivity contribution >= 4 is 40.0 Å². The molecule has 5 aromatic heterocycles. The van der Waals surface area contributed by atoms with Crippen LogP contribution in [0.2, 0.25) is 0 Å². The minimum absolute atomic E-state index is 0.104. The standard InChI is InChI=1S/C21H18FN5O3S.C14H15N3O5/c22-14-3-1-13(2-4-14)11-17-24-25-20(31-17)18-19(28)21(29)27-12-15(5-6-16(27)23-18)26-7-9-30-10-8-26;1-21-14(20)11-12(18)13(19)17-8-9(2-3-10(17)15-11)16-4-6-22-7-5-16/h1-6,12,28H,7-11H2;2-3,8,18H,4-7H2,1H3. The van der Waals surface area contributed by atoms with Crippen molar-refractivity contribution in [2.75, 3.05) is 69.5 Å². The highest BCUT2D eigenvalue weighted by molar-refractivity contribution is 7.14. The number of aromatic nitrogens is 6. The second-order valence-electron chi connectivity index (χ2n) is 12.0. The summed E-state index contributed by atoms with van der Waals surface area (Å²) in [7, 11) is 1.16. The Bertz CT molecular complexity index is 2410. The third kappa shape index (κ3) is 7.50. The van der Waals surface area contributed by atoms with E-state index in [1.54, 1.807) is 36.7 Å². The number of hydrogen-bond donors (Lipinski definition) is 2. The molecule has 0 unspecified atom stereocenters. The minimum Gasteiger partial charge on any atom is -0.501 e. The normalized spacial score (nSPS) is 14.6. The Hall–Kier alpha value is -5.98. The molecule has 0 spiro atoms. The van der Waals surface area contributed by atoms with Crippen LogP contribution < -0.4 is 20.9 Å². The van der Waals surface area contributed by atoms with E-state index in [2.05, 4.69) is 34.7 Å². The van der Waals surface area contributed by atoms with Crippen molar-refractivity contribution in [3.63, 3.8) is 0 Å². The Morgan fingerprint density at radius 1 is 0.792 bits per heavy atom. The van der Waals surface area contributed by atoms with Gasteiger partial charge in [0.2, 0.25) is 11.5 Å². The summed E-state index contributed by atoms with van der Waals surface area (Å²) in [6, 6.07) is 13.2. The Balaban J connectivity index is 0.000000174. The smallest absolute Gasteiger partial charge is 0.360 e. The Kier molecular flexibility index (Phi) is 10.2. The number of halogens is 1. The molecule has 1 aromatic carbocycles. The van der Waals surface area contributed by atoms with Crippen LogP contribution in [0.25, 0.3) is 22.0 Å². The van der Waals surface area contributed by atoms with E-state index in [1.807, 2.05) is 12.1 Å². The summed E-state index contributed by atoms with van der Waals surface area (Å²) in [4.78, 5) is 49.2. The average Bonchev–Trinajstić information content (AvgIpc) is 3.67. The van der Waals surface area contributed by atoms with Crippen molar-refractivity contribution in [3.8, 4) is 22.2 Å². The fraction of sp³-hybridized carbons (Fsp3) is 0.286. The summed E-state index contributed by atoms with van der Waals surface area (Å²) in [5.41, 5.74) is 1.69. The van der Waals surface area contributed by atoms with E-state index in [0.29, 0.717) is 48.5 Å². The fourth-order valence-electron chi connectivity index (χ4n) is 5.84. The highest BCUT2D eigenvalue weighted by Crippen LogP contribution is 2.29. The zero-order valence-electron chi connectivity index (χ0n) is 28.3. The molecule has 2 N–H and O–H groups in total. The molecule has 0 saturated carbocycles. The molecule has 7 heterocycles. The van der Waals surface area contributed by atoms with Crippen LogP contribution in [0.5, 0.6) is 11.5 Å². The first-order valence-electron chi connectivity index (χ1n) is 16.5. The number of esters is 1. The van der Waals surface area contributed by atoms with Gasteiger partial charge in [-0.15, -0.1) is 10.2 Å². The molecule has 2 fully saturated rings. The highest BCUT2D eigenvalue weighted by atomic mass is 32.1. The van der Waals surface area contributed by atoms with E-state index in [1.165, 1.54) is 32.3 Å². The monoisotopic (exact) mass is 744 g/mol. The van der Waals surface area contributed by atoms with Crippen molar-refractivity contribution in [1.82, 2.24) is 29.0 Å². The molecular weight excluding hydrogens is 711 g/mol. The van der Waals surface area contributed by atoms with E-state index < -0.39 is 28.6 Å². The van der Waals surface area contributed by atoms with E-state index >= 15 is 0 Å². The summed E-state index contributed by atoms with van der Waals surface area (Å²) in [6.45, 7) is 5.42. The molecule has 8 rings (SSSR count).